The molecule has 0 unspecified atom stereocenters. The zero-order valence-corrected chi connectivity index (χ0v) is 18.2. The van der Waals surface area contributed by atoms with E-state index in [1.165, 1.54) is 0 Å². The van der Waals surface area contributed by atoms with Gasteiger partial charge in [0.25, 0.3) is 0 Å². The van der Waals surface area contributed by atoms with Crippen molar-refractivity contribution in [1.82, 2.24) is 5.32 Å². The average molecular weight is 372 g/mol. The molecule has 0 aromatic rings. The molecule has 0 radical (unpaired) electrons. The summed E-state index contributed by atoms with van der Waals surface area (Å²) in [4.78, 5) is 24.4. The molecule has 0 aromatic carbocycles. The molecule has 0 atom stereocenters. The van der Waals surface area contributed by atoms with Gasteiger partial charge in [0.1, 0.15) is 16.9 Å². The molecule has 144 valence electrons. The summed E-state index contributed by atoms with van der Waals surface area (Å²) in [5.41, 5.74) is -0.902. The fourth-order valence-electron chi connectivity index (χ4n) is 2.02. The van der Waals surface area contributed by atoms with Crippen molar-refractivity contribution in [1.29, 1.82) is 0 Å². The van der Waals surface area contributed by atoms with E-state index in [0.29, 0.717) is 5.57 Å². The monoisotopic (exact) mass is 371 g/mol. The molecule has 1 N–H and O–H groups in total. The van der Waals surface area contributed by atoms with Gasteiger partial charge < -0.3 is 13.9 Å². The highest BCUT2D eigenvalue weighted by atomic mass is 28.4. The third kappa shape index (κ3) is 5.57. The first-order valence-electron chi connectivity index (χ1n) is 8.57. The summed E-state index contributed by atoms with van der Waals surface area (Å²) < 4.78 is 17.1. The van der Waals surface area contributed by atoms with E-state index in [9.17, 15) is 9.59 Å². The van der Waals surface area contributed by atoms with E-state index < -0.39 is 31.6 Å². The fourth-order valence-corrected chi connectivity index (χ4v) is 2.95. The Kier molecular flexibility index (Phi) is 5.86. The van der Waals surface area contributed by atoms with Gasteiger partial charge in [-0.15, -0.1) is 0 Å². The minimum atomic E-state index is -2.03. The van der Waals surface area contributed by atoms with E-state index in [0.717, 1.165) is 0 Å². The number of ether oxygens (including phenoxy) is 2. The molecule has 1 heterocycles. The number of carbonyl (C=O) groups is 2. The molecule has 0 aliphatic carbocycles. The molecule has 1 amide bonds. The predicted molar refractivity (Wildman–Crippen MR) is 99.7 cm³/mol. The molecule has 0 bridgehead atoms. The van der Waals surface area contributed by atoms with Crippen LogP contribution in [0.1, 0.15) is 55.4 Å². The van der Waals surface area contributed by atoms with Crippen LogP contribution in [0.3, 0.4) is 0 Å². The van der Waals surface area contributed by atoms with Crippen LogP contribution in [0.2, 0.25) is 18.1 Å². The van der Waals surface area contributed by atoms with Crippen LogP contribution in [0.15, 0.2) is 11.3 Å². The van der Waals surface area contributed by atoms with E-state index in [4.69, 9.17) is 13.9 Å². The number of rotatable bonds is 4. The zero-order chi connectivity index (χ0) is 19.8. The summed E-state index contributed by atoms with van der Waals surface area (Å²) in [7, 11) is -2.03. The van der Waals surface area contributed by atoms with E-state index in [-0.39, 0.29) is 17.3 Å². The predicted octanol–water partition coefficient (Wildman–Crippen LogP) is 4.12. The van der Waals surface area contributed by atoms with Crippen LogP contribution >= 0.6 is 0 Å². The van der Waals surface area contributed by atoms with Crippen LogP contribution in [0.4, 0.5) is 4.79 Å². The van der Waals surface area contributed by atoms with Gasteiger partial charge in [0.05, 0.1) is 6.61 Å². The molecule has 0 saturated heterocycles. The maximum Gasteiger partial charge on any atom is 0.412 e. The highest BCUT2D eigenvalue weighted by Crippen LogP contribution is 2.38. The Morgan fingerprint density at radius 2 is 1.68 bits per heavy atom. The first-order chi connectivity index (χ1) is 11.0. The summed E-state index contributed by atoms with van der Waals surface area (Å²) in [5.74, 6) is -0.578. The largest absolute Gasteiger partial charge is 0.455 e. The van der Waals surface area contributed by atoms with E-state index in [1.807, 2.05) is 0 Å². The van der Waals surface area contributed by atoms with Gasteiger partial charge >= 0.3 is 12.1 Å². The van der Waals surface area contributed by atoms with Crippen LogP contribution in [0, 0.1) is 0 Å². The minimum Gasteiger partial charge on any atom is -0.455 e. The number of hydrogen-bond donors (Lipinski definition) is 1. The Balaban J connectivity index is 3.22. The SMILES string of the molecule is CC(C)(C)OC(=O)C1=C(CO[Si](C)(C)C(C)(C)C)C(C)(C)OC(=O)N1. The zero-order valence-electron chi connectivity index (χ0n) is 17.2. The highest BCUT2D eigenvalue weighted by Gasteiger charge is 2.43. The molecule has 0 saturated carbocycles. The van der Waals surface area contributed by atoms with Gasteiger partial charge in [-0.25, -0.2) is 9.59 Å². The molecule has 1 aliphatic rings. The van der Waals surface area contributed by atoms with Crippen molar-refractivity contribution in [2.45, 2.75) is 84.7 Å². The molecular weight excluding hydrogens is 338 g/mol. The number of alkyl carbamates (subject to hydrolysis) is 1. The van der Waals surface area contributed by atoms with Crippen LogP contribution in [0.5, 0.6) is 0 Å². The number of hydrogen-bond acceptors (Lipinski definition) is 5. The van der Waals surface area contributed by atoms with Crippen LogP contribution in [-0.2, 0) is 18.7 Å². The molecule has 1 aliphatic heterocycles. The Hall–Kier alpha value is -1.34. The summed E-state index contributed by atoms with van der Waals surface area (Å²) >= 11 is 0. The number of cyclic esters (lactones) is 1. The summed E-state index contributed by atoms with van der Waals surface area (Å²) in [5, 5.41) is 2.53. The Bertz CT molecular complexity index is 579. The fraction of sp³-hybridized carbons (Fsp3) is 0.778. The second-order valence-corrected chi connectivity index (χ2v) is 14.2. The van der Waals surface area contributed by atoms with E-state index in [2.05, 4.69) is 39.2 Å². The topological polar surface area (TPSA) is 73.9 Å². The van der Waals surface area contributed by atoms with Crippen molar-refractivity contribution in [3.8, 4) is 0 Å². The lowest BCUT2D eigenvalue weighted by Crippen LogP contribution is -2.49. The first-order valence-corrected chi connectivity index (χ1v) is 11.5. The number of carbonyl (C=O) groups excluding carboxylic acids is 2. The lowest BCUT2D eigenvalue weighted by atomic mass is 9.95. The summed E-state index contributed by atoms with van der Waals surface area (Å²) in [6.45, 7) is 19.8. The lowest BCUT2D eigenvalue weighted by molar-refractivity contribution is -0.151. The van der Waals surface area contributed by atoms with Gasteiger partial charge in [-0.2, -0.15) is 0 Å². The second kappa shape index (κ2) is 6.76. The normalized spacial score (nSPS) is 18.6. The quantitative estimate of drug-likeness (QED) is 0.594. The molecule has 0 aromatic heterocycles. The third-order valence-corrected chi connectivity index (χ3v) is 9.07. The van der Waals surface area contributed by atoms with Crippen molar-refractivity contribution in [3.63, 3.8) is 0 Å². The average Bonchev–Trinajstić information content (AvgIpc) is 2.31. The van der Waals surface area contributed by atoms with Gasteiger partial charge in [-0.05, 0) is 52.8 Å². The van der Waals surface area contributed by atoms with Crippen molar-refractivity contribution in [2.75, 3.05) is 6.61 Å². The first kappa shape index (κ1) is 21.7. The second-order valence-electron chi connectivity index (χ2n) is 9.43. The van der Waals surface area contributed by atoms with Gasteiger partial charge in [0.2, 0.25) is 0 Å². The van der Waals surface area contributed by atoms with Gasteiger partial charge in [-0.1, -0.05) is 20.8 Å². The van der Waals surface area contributed by atoms with Crippen molar-refractivity contribution in [2.24, 2.45) is 0 Å². The van der Waals surface area contributed by atoms with Gasteiger partial charge in [0.15, 0.2) is 8.32 Å². The Morgan fingerprint density at radius 3 is 2.12 bits per heavy atom. The lowest BCUT2D eigenvalue weighted by Gasteiger charge is -2.39. The highest BCUT2D eigenvalue weighted by molar-refractivity contribution is 6.74. The Labute approximate surface area is 152 Å². The maximum atomic E-state index is 12.6. The van der Waals surface area contributed by atoms with Crippen LogP contribution in [0.25, 0.3) is 0 Å². The van der Waals surface area contributed by atoms with Crippen molar-refractivity contribution < 1.29 is 23.5 Å². The van der Waals surface area contributed by atoms with Crippen molar-refractivity contribution >= 4 is 20.4 Å². The Morgan fingerprint density at radius 1 is 1.16 bits per heavy atom. The smallest absolute Gasteiger partial charge is 0.412 e. The van der Waals surface area contributed by atoms with Gasteiger partial charge in [0, 0.05) is 5.57 Å². The molecular formula is C18H33NO5Si. The number of esters is 1. The molecule has 1 rings (SSSR count). The summed E-state index contributed by atoms with van der Waals surface area (Å²) in [6.07, 6.45) is -0.665. The van der Waals surface area contributed by atoms with Crippen LogP contribution in [-0.4, -0.2) is 38.2 Å². The molecule has 7 heteroatoms. The van der Waals surface area contributed by atoms with Crippen molar-refractivity contribution in [3.05, 3.63) is 11.3 Å². The molecule has 0 fully saturated rings. The number of amides is 1. The maximum absolute atomic E-state index is 12.6. The van der Waals surface area contributed by atoms with E-state index in [1.54, 1.807) is 34.6 Å². The third-order valence-electron chi connectivity index (χ3n) is 4.59. The summed E-state index contributed by atoms with van der Waals surface area (Å²) in [6, 6.07) is 0. The van der Waals surface area contributed by atoms with Gasteiger partial charge in [-0.3, -0.25) is 5.32 Å². The molecule has 0 spiro atoms. The molecule has 6 nitrogen and oxygen atoms in total. The van der Waals surface area contributed by atoms with E-state index >= 15 is 0 Å². The standard InChI is InChI=1S/C18H33NO5Si/c1-16(2,3)23-14(20)13-12(18(7,8)24-15(21)19-13)11-22-25(9,10)17(4,5)6/h11H2,1-10H3,(H,19,21). The number of nitrogens with one attached hydrogen (secondary N) is 1. The van der Waals surface area contributed by atoms with Crippen LogP contribution < -0.4 is 5.32 Å². The molecule has 25 heavy (non-hydrogen) atoms. The minimum absolute atomic E-state index is 0.0303.